The van der Waals surface area contributed by atoms with E-state index in [2.05, 4.69) is 17.2 Å². The molecule has 0 aliphatic carbocycles. The molecule has 1 aliphatic rings. The van der Waals surface area contributed by atoms with Crippen molar-refractivity contribution in [2.45, 2.75) is 25.0 Å². The summed E-state index contributed by atoms with van der Waals surface area (Å²) in [6.45, 7) is 2.20. The Morgan fingerprint density at radius 2 is 2.50 bits per heavy atom. The Hall–Kier alpha value is -1.03. The molecule has 0 aromatic carbocycles. The van der Waals surface area contributed by atoms with Crippen LogP contribution in [0.3, 0.4) is 0 Å². The van der Waals surface area contributed by atoms with Crippen molar-refractivity contribution in [3.8, 4) is 0 Å². The molecule has 2 unspecified atom stereocenters. The molecular formula is C12H16N2OS. The second-order valence-corrected chi connectivity index (χ2v) is 5.58. The highest BCUT2D eigenvalue weighted by Crippen LogP contribution is 2.33. The summed E-state index contributed by atoms with van der Waals surface area (Å²) >= 11 is 1.96. The van der Waals surface area contributed by atoms with Crippen molar-refractivity contribution < 1.29 is 4.79 Å². The second kappa shape index (κ2) is 5.34. The van der Waals surface area contributed by atoms with Crippen LogP contribution in [-0.4, -0.2) is 21.9 Å². The van der Waals surface area contributed by atoms with E-state index < -0.39 is 0 Å². The van der Waals surface area contributed by atoms with Crippen LogP contribution in [0.4, 0.5) is 5.82 Å². The molecule has 0 spiro atoms. The molecule has 1 aliphatic heterocycles. The number of rotatable bonds is 3. The van der Waals surface area contributed by atoms with Gasteiger partial charge >= 0.3 is 0 Å². The van der Waals surface area contributed by atoms with Crippen molar-refractivity contribution in [3.63, 3.8) is 0 Å². The van der Waals surface area contributed by atoms with Gasteiger partial charge in [-0.25, -0.2) is 4.98 Å². The number of nitrogens with one attached hydrogen (secondary N) is 1. The van der Waals surface area contributed by atoms with Gasteiger partial charge < -0.3 is 5.32 Å². The van der Waals surface area contributed by atoms with Crippen molar-refractivity contribution >= 4 is 23.5 Å². The second-order valence-electron chi connectivity index (χ2n) is 4.09. The molecule has 1 N–H and O–H groups in total. The van der Waals surface area contributed by atoms with E-state index in [9.17, 15) is 4.79 Å². The number of carbonyl (C=O) groups excluding carboxylic acids is 1. The Morgan fingerprint density at radius 3 is 3.12 bits per heavy atom. The van der Waals surface area contributed by atoms with E-state index in [0.29, 0.717) is 23.4 Å². The van der Waals surface area contributed by atoms with Gasteiger partial charge in [0.05, 0.1) is 0 Å². The predicted molar refractivity (Wildman–Crippen MR) is 67.5 cm³/mol. The first-order chi connectivity index (χ1) is 7.75. The number of hydrogen-bond donors (Lipinski definition) is 1. The van der Waals surface area contributed by atoms with Crippen LogP contribution in [0.15, 0.2) is 24.4 Å². The molecule has 1 fully saturated rings. The van der Waals surface area contributed by atoms with E-state index in [1.165, 1.54) is 5.75 Å². The molecule has 16 heavy (non-hydrogen) atoms. The molecule has 3 nitrogen and oxygen atoms in total. The number of thioether (sulfide) groups is 1. The summed E-state index contributed by atoms with van der Waals surface area (Å²) in [7, 11) is 0. The molecule has 2 heterocycles. The Morgan fingerprint density at radius 1 is 1.62 bits per heavy atom. The molecule has 0 bridgehead atoms. The third kappa shape index (κ3) is 2.98. The van der Waals surface area contributed by atoms with Gasteiger partial charge in [0.2, 0.25) is 5.91 Å². The van der Waals surface area contributed by atoms with E-state index in [-0.39, 0.29) is 5.91 Å². The van der Waals surface area contributed by atoms with Crippen molar-refractivity contribution in [1.82, 2.24) is 4.98 Å². The summed E-state index contributed by atoms with van der Waals surface area (Å²) < 4.78 is 0. The molecule has 0 radical (unpaired) electrons. The standard InChI is InChI=1S/C12H16N2OS/c1-9-10(5-7-16-9)8-12(15)14-11-4-2-3-6-13-11/h2-4,6,9-10H,5,7-8H2,1H3,(H,13,14,15). The van der Waals surface area contributed by atoms with Gasteiger partial charge in [-0.2, -0.15) is 11.8 Å². The maximum atomic E-state index is 11.8. The minimum absolute atomic E-state index is 0.0815. The predicted octanol–water partition coefficient (Wildman–Crippen LogP) is 2.55. The van der Waals surface area contributed by atoms with Crippen LogP contribution in [-0.2, 0) is 4.79 Å². The van der Waals surface area contributed by atoms with E-state index in [0.717, 1.165) is 6.42 Å². The van der Waals surface area contributed by atoms with Crippen LogP contribution in [0, 0.1) is 5.92 Å². The highest BCUT2D eigenvalue weighted by atomic mass is 32.2. The van der Waals surface area contributed by atoms with Crippen molar-refractivity contribution in [3.05, 3.63) is 24.4 Å². The first-order valence-electron chi connectivity index (χ1n) is 5.58. The Bertz CT molecular complexity index is 355. The van der Waals surface area contributed by atoms with Crippen molar-refractivity contribution in [2.75, 3.05) is 11.1 Å². The van der Waals surface area contributed by atoms with Gasteiger partial charge in [-0.1, -0.05) is 13.0 Å². The average Bonchev–Trinajstić information content (AvgIpc) is 2.66. The molecule has 1 aromatic heterocycles. The maximum Gasteiger partial charge on any atom is 0.225 e. The quantitative estimate of drug-likeness (QED) is 0.877. The fraction of sp³-hybridized carbons (Fsp3) is 0.500. The third-order valence-electron chi connectivity index (χ3n) is 2.91. The smallest absolute Gasteiger partial charge is 0.225 e. The zero-order valence-electron chi connectivity index (χ0n) is 9.35. The average molecular weight is 236 g/mol. The maximum absolute atomic E-state index is 11.8. The van der Waals surface area contributed by atoms with Crippen molar-refractivity contribution in [1.29, 1.82) is 0 Å². The van der Waals surface area contributed by atoms with Gasteiger partial charge in [-0.05, 0) is 30.2 Å². The van der Waals surface area contributed by atoms with Crippen LogP contribution in [0.25, 0.3) is 0 Å². The Kier molecular flexibility index (Phi) is 3.83. The highest BCUT2D eigenvalue weighted by Gasteiger charge is 2.26. The Labute approximate surface area is 100 Å². The molecule has 1 aromatic rings. The number of carbonyl (C=O) groups is 1. The minimum Gasteiger partial charge on any atom is -0.311 e. The van der Waals surface area contributed by atoms with Gasteiger partial charge in [-0.15, -0.1) is 0 Å². The van der Waals surface area contributed by atoms with Gasteiger partial charge in [0.1, 0.15) is 5.82 Å². The topological polar surface area (TPSA) is 42.0 Å². The number of pyridine rings is 1. The lowest BCUT2D eigenvalue weighted by molar-refractivity contribution is -0.117. The van der Waals surface area contributed by atoms with Crippen LogP contribution in [0.1, 0.15) is 19.8 Å². The third-order valence-corrected chi connectivity index (χ3v) is 4.30. The first-order valence-corrected chi connectivity index (χ1v) is 6.63. The van der Waals surface area contributed by atoms with Gasteiger partial charge in [-0.3, -0.25) is 4.79 Å². The number of aromatic nitrogens is 1. The number of anilines is 1. The Balaban J connectivity index is 1.85. The summed E-state index contributed by atoms with van der Waals surface area (Å²) in [6.07, 6.45) is 3.45. The lowest BCUT2D eigenvalue weighted by Gasteiger charge is -2.13. The van der Waals surface area contributed by atoms with Crippen LogP contribution in [0.2, 0.25) is 0 Å². The fourth-order valence-electron chi connectivity index (χ4n) is 1.91. The van der Waals surface area contributed by atoms with E-state index >= 15 is 0 Å². The zero-order valence-corrected chi connectivity index (χ0v) is 10.2. The lowest BCUT2D eigenvalue weighted by Crippen LogP contribution is -2.19. The molecule has 2 atom stereocenters. The van der Waals surface area contributed by atoms with E-state index in [4.69, 9.17) is 0 Å². The number of amides is 1. The molecule has 1 amide bonds. The highest BCUT2D eigenvalue weighted by molar-refractivity contribution is 8.00. The van der Waals surface area contributed by atoms with Crippen molar-refractivity contribution in [2.24, 2.45) is 5.92 Å². The molecule has 2 rings (SSSR count). The normalized spacial score (nSPS) is 24.3. The molecule has 1 saturated heterocycles. The molecular weight excluding hydrogens is 220 g/mol. The van der Waals surface area contributed by atoms with Gasteiger partial charge in [0, 0.05) is 17.9 Å². The molecule has 0 saturated carbocycles. The van der Waals surface area contributed by atoms with Crippen LogP contribution >= 0.6 is 11.8 Å². The minimum atomic E-state index is 0.0815. The summed E-state index contributed by atoms with van der Waals surface area (Å²) in [5, 5.41) is 3.44. The zero-order chi connectivity index (χ0) is 11.4. The fourth-order valence-corrected chi connectivity index (χ4v) is 3.23. The van der Waals surface area contributed by atoms with E-state index in [1.54, 1.807) is 6.20 Å². The SMILES string of the molecule is CC1SCCC1CC(=O)Nc1ccccn1. The summed E-state index contributed by atoms with van der Waals surface area (Å²) in [4.78, 5) is 15.8. The van der Waals surface area contributed by atoms with Gasteiger partial charge in [0.15, 0.2) is 0 Å². The van der Waals surface area contributed by atoms with Gasteiger partial charge in [0.25, 0.3) is 0 Å². The summed E-state index contributed by atoms with van der Waals surface area (Å²) in [5.41, 5.74) is 0. The number of nitrogens with zero attached hydrogens (tertiary/aromatic N) is 1. The largest absolute Gasteiger partial charge is 0.311 e. The number of hydrogen-bond acceptors (Lipinski definition) is 3. The van der Waals surface area contributed by atoms with Crippen LogP contribution < -0.4 is 5.32 Å². The molecule has 86 valence electrons. The summed E-state index contributed by atoms with van der Waals surface area (Å²) in [6, 6.07) is 5.52. The van der Waals surface area contributed by atoms with Crippen LogP contribution in [0.5, 0.6) is 0 Å². The molecule has 4 heteroatoms. The summed E-state index contributed by atoms with van der Waals surface area (Å²) in [5.74, 6) is 2.43. The first kappa shape index (κ1) is 11.5. The van der Waals surface area contributed by atoms with E-state index in [1.807, 2.05) is 30.0 Å². The lowest BCUT2D eigenvalue weighted by atomic mass is 9.99. The monoisotopic (exact) mass is 236 g/mol.